The maximum absolute atomic E-state index is 12.2. The number of carbonyl (C=O) groups excluding carboxylic acids is 2. The minimum atomic E-state index is -1.04. The van der Waals surface area contributed by atoms with Crippen LogP contribution >= 0.6 is 0 Å². The molecule has 0 aliphatic heterocycles. The molecular formula is C20H30O5. The largest absolute Gasteiger partial charge is 0.476 e. The molecule has 0 saturated carbocycles. The summed E-state index contributed by atoms with van der Waals surface area (Å²) in [5.41, 5.74) is 1.03. The van der Waals surface area contributed by atoms with Crippen molar-refractivity contribution in [2.75, 3.05) is 13.7 Å². The van der Waals surface area contributed by atoms with E-state index in [1.165, 1.54) is 7.11 Å². The van der Waals surface area contributed by atoms with Crippen molar-refractivity contribution in [3.63, 3.8) is 0 Å². The van der Waals surface area contributed by atoms with Gasteiger partial charge in [-0.2, -0.15) is 0 Å². The van der Waals surface area contributed by atoms with Crippen molar-refractivity contribution in [3.8, 4) is 5.75 Å². The summed E-state index contributed by atoms with van der Waals surface area (Å²) >= 11 is 0. The van der Waals surface area contributed by atoms with Crippen LogP contribution in [0.2, 0.25) is 0 Å². The van der Waals surface area contributed by atoms with Crippen molar-refractivity contribution in [1.82, 2.24) is 0 Å². The highest BCUT2D eigenvalue weighted by molar-refractivity contribution is 5.79. The smallest absolute Gasteiger partial charge is 0.349 e. The van der Waals surface area contributed by atoms with E-state index in [1.54, 1.807) is 13.8 Å². The van der Waals surface area contributed by atoms with Gasteiger partial charge in [-0.1, -0.05) is 25.5 Å². The van der Waals surface area contributed by atoms with E-state index in [-0.39, 0.29) is 11.9 Å². The zero-order chi connectivity index (χ0) is 18.9. The topological polar surface area (TPSA) is 61.8 Å². The molecule has 25 heavy (non-hydrogen) atoms. The van der Waals surface area contributed by atoms with Crippen LogP contribution in [-0.2, 0) is 25.5 Å². The third-order valence-electron chi connectivity index (χ3n) is 3.90. The Kier molecular flexibility index (Phi) is 8.46. The number of unbranched alkanes of at least 4 members (excludes halogenated alkanes) is 1. The summed E-state index contributed by atoms with van der Waals surface area (Å²) in [6, 6.07) is 5.84. The molecule has 0 aliphatic rings. The lowest BCUT2D eigenvalue weighted by Crippen LogP contribution is -2.40. The molecule has 0 N–H and O–H groups in total. The van der Waals surface area contributed by atoms with E-state index in [9.17, 15) is 9.59 Å². The minimum absolute atomic E-state index is 0.194. The molecule has 0 fully saturated rings. The Hall–Kier alpha value is -2.04. The number of methoxy groups -OCH3 is 1. The molecule has 5 nitrogen and oxygen atoms in total. The normalized spacial score (nSPS) is 11.1. The Bertz CT molecular complexity index is 577. The van der Waals surface area contributed by atoms with Gasteiger partial charge in [0.15, 0.2) is 5.60 Å². The van der Waals surface area contributed by atoms with E-state index >= 15 is 0 Å². The van der Waals surface area contributed by atoms with E-state index in [1.807, 2.05) is 32.0 Å². The van der Waals surface area contributed by atoms with Gasteiger partial charge in [0.25, 0.3) is 0 Å². The fraction of sp³-hybridized carbons (Fsp3) is 0.600. The van der Waals surface area contributed by atoms with Gasteiger partial charge in [0.05, 0.1) is 13.7 Å². The maximum Gasteiger partial charge on any atom is 0.349 e. The van der Waals surface area contributed by atoms with Gasteiger partial charge < -0.3 is 14.2 Å². The van der Waals surface area contributed by atoms with Crippen LogP contribution in [0.3, 0.4) is 0 Å². The van der Waals surface area contributed by atoms with E-state index in [0.29, 0.717) is 18.8 Å². The van der Waals surface area contributed by atoms with E-state index in [4.69, 9.17) is 9.47 Å². The first kappa shape index (κ1) is 21.0. The molecule has 5 heteroatoms. The van der Waals surface area contributed by atoms with Gasteiger partial charge in [0.2, 0.25) is 0 Å². The first-order chi connectivity index (χ1) is 11.8. The molecule has 0 aromatic heterocycles. The Balaban J connectivity index is 2.64. The molecule has 0 bridgehead atoms. The number of esters is 2. The lowest BCUT2D eigenvalue weighted by molar-refractivity contribution is -0.159. The molecule has 0 saturated heterocycles. The highest BCUT2D eigenvalue weighted by atomic mass is 16.6. The molecule has 0 heterocycles. The first-order valence-electron chi connectivity index (χ1n) is 8.82. The van der Waals surface area contributed by atoms with E-state index < -0.39 is 5.60 Å². The highest BCUT2D eigenvalue weighted by Gasteiger charge is 2.32. The predicted octanol–water partition coefficient (Wildman–Crippen LogP) is 3.99. The average Bonchev–Trinajstić information content (AvgIpc) is 2.57. The van der Waals surface area contributed by atoms with Crippen LogP contribution < -0.4 is 4.74 Å². The van der Waals surface area contributed by atoms with E-state index in [2.05, 4.69) is 4.74 Å². The van der Waals surface area contributed by atoms with Crippen molar-refractivity contribution < 1.29 is 23.8 Å². The number of ether oxygens (including phenoxy) is 3. The third-order valence-corrected chi connectivity index (χ3v) is 3.90. The van der Waals surface area contributed by atoms with Gasteiger partial charge in [0, 0.05) is 6.42 Å². The summed E-state index contributed by atoms with van der Waals surface area (Å²) in [6.45, 7) is 7.83. The van der Waals surface area contributed by atoms with Crippen LogP contribution in [0.5, 0.6) is 5.75 Å². The summed E-state index contributed by atoms with van der Waals surface area (Å²) < 4.78 is 15.8. The third kappa shape index (κ3) is 7.16. The fourth-order valence-electron chi connectivity index (χ4n) is 2.32. The van der Waals surface area contributed by atoms with Crippen molar-refractivity contribution >= 4 is 11.9 Å². The van der Waals surface area contributed by atoms with Crippen LogP contribution in [0.15, 0.2) is 18.2 Å². The van der Waals surface area contributed by atoms with Gasteiger partial charge in [0.1, 0.15) is 5.75 Å². The molecule has 0 radical (unpaired) electrons. The van der Waals surface area contributed by atoms with Crippen LogP contribution in [0.4, 0.5) is 0 Å². The zero-order valence-electron chi connectivity index (χ0n) is 16.0. The SMILES string of the molecule is CCCCOC(=O)C(C)(C)Oc1ccc(CCCC(=O)OC)cc1C. The standard InChI is InChI=1S/C20H30O5/c1-6-7-13-24-19(22)20(3,4)25-17-12-11-16(14-15(17)2)9-8-10-18(21)23-5/h11-12,14H,6-10,13H2,1-5H3. The summed E-state index contributed by atoms with van der Waals surface area (Å²) in [5, 5.41) is 0. The second kappa shape index (κ2) is 10.1. The molecule has 140 valence electrons. The van der Waals surface area contributed by atoms with Crippen molar-refractivity contribution in [2.24, 2.45) is 0 Å². The van der Waals surface area contributed by atoms with Crippen molar-refractivity contribution in [1.29, 1.82) is 0 Å². The summed E-state index contributed by atoms with van der Waals surface area (Å²) in [5.74, 6) is 0.108. The first-order valence-corrected chi connectivity index (χ1v) is 8.82. The van der Waals surface area contributed by atoms with Crippen molar-refractivity contribution in [2.45, 2.75) is 65.4 Å². The summed E-state index contributed by atoms with van der Waals surface area (Å²) in [6.07, 6.45) is 3.76. The Morgan fingerprint density at radius 1 is 1.16 bits per heavy atom. The maximum atomic E-state index is 12.2. The molecule has 1 aromatic carbocycles. The zero-order valence-corrected chi connectivity index (χ0v) is 16.0. The molecule has 0 amide bonds. The highest BCUT2D eigenvalue weighted by Crippen LogP contribution is 2.25. The molecule has 1 aromatic rings. The quantitative estimate of drug-likeness (QED) is 0.472. The Labute approximate surface area is 150 Å². The average molecular weight is 350 g/mol. The number of carbonyl (C=O) groups is 2. The number of hydrogen-bond acceptors (Lipinski definition) is 5. The number of aryl methyl sites for hydroxylation is 2. The monoisotopic (exact) mass is 350 g/mol. The number of rotatable bonds is 10. The van der Waals surface area contributed by atoms with Gasteiger partial charge in [-0.25, -0.2) is 4.79 Å². The fourth-order valence-corrected chi connectivity index (χ4v) is 2.32. The lowest BCUT2D eigenvalue weighted by Gasteiger charge is -2.25. The van der Waals surface area contributed by atoms with Crippen LogP contribution in [0.25, 0.3) is 0 Å². The Morgan fingerprint density at radius 3 is 2.48 bits per heavy atom. The molecule has 1 rings (SSSR count). The minimum Gasteiger partial charge on any atom is -0.476 e. The van der Waals surface area contributed by atoms with Gasteiger partial charge in [-0.3, -0.25) is 4.79 Å². The summed E-state index contributed by atoms with van der Waals surface area (Å²) in [7, 11) is 1.40. The van der Waals surface area contributed by atoms with E-state index in [0.717, 1.165) is 36.8 Å². The van der Waals surface area contributed by atoms with Gasteiger partial charge in [-0.05, 0) is 57.2 Å². The van der Waals surface area contributed by atoms with Crippen molar-refractivity contribution in [3.05, 3.63) is 29.3 Å². The van der Waals surface area contributed by atoms with Crippen LogP contribution in [-0.4, -0.2) is 31.3 Å². The molecule has 0 spiro atoms. The predicted molar refractivity (Wildman–Crippen MR) is 96.7 cm³/mol. The van der Waals surface area contributed by atoms with Crippen LogP contribution in [0.1, 0.15) is 57.6 Å². The second-order valence-corrected chi connectivity index (χ2v) is 6.63. The number of benzene rings is 1. The molecule has 0 atom stereocenters. The lowest BCUT2D eigenvalue weighted by atomic mass is 10.0. The van der Waals surface area contributed by atoms with Gasteiger partial charge in [-0.15, -0.1) is 0 Å². The Morgan fingerprint density at radius 2 is 1.88 bits per heavy atom. The summed E-state index contributed by atoms with van der Waals surface area (Å²) in [4.78, 5) is 23.3. The molecule has 0 aliphatic carbocycles. The number of hydrogen-bond donors (Lipinski definition) is 0. The van der Waals surface area contributed by atoms with Gasteiger partial charge >= 0.3 is 11.9 Å². The molecule has 0 unspecified atom stereocenters. The second-order valence-electron chi connectivity index (χ2n) is 6.63. The van der Waals surface area contributed by atoms with Crippen LogP contribution in [0, 0.1) is 6.92 Å². The molecular weight excluding hydrogens is 320 g/mol.